The van der Waals surface area contributed by atoms with Crippen LogP contribution >= 0.6 is 0 Å². The van der Waals surface area contributed by atoms with Gasteiger partial charge >= 0.3 is 23.1 Å². The van der Waals surface area contributed by atoms with Crippen molar-refractivity contribution in [2.24, 2.45) is 0 Å². The van der Waals surface area contributed by atoms with E-state index in [9.17, 15) is 0 Å². The van der Waals surface area contributed by atoms with E-state index in [2.05, 4.69) is 41.5 Å². The SMILES string of the molecule is [Br-].[CH2-]CC(C)(C)O[Si](CC)(CC)CC.[Mg+2]. The van der Waals surface area contributed by atoms with Crippen molar-refractivity contribution in [2.75, 3.05) is 0 Å². The van der Waals surface area contributed by atoms with Gasteiger partial charge in [-0.3, -0.25) is 0 Å². The molecule has 0 spiro atoms. The van der Waals surface area contributed by atoms with Crippen molar-refractivity contribution >= 4 is 31.4 Å². The molecule has 0 saturated carbocycles. The Morgan fingerprint density at radius 3 is 1.60 bits per heavy atom. The Balaban J connectivity index is -0.000000720. The van der Waals surface area contributed by atoms with E-state index < -0.39 is 8.32 Å². The van der Waals surface area contributed by atoms with Gasteiger partial charge in [0, 0.05) is 5.60 Å². The van der Waals surface area contributed by atoms with Gasteiger partial charge in [0.1, 0.15) is 0 Å². The molecule has 0 fully saturated rings. The molecular weight excluding hydrogens is 280 g/mol. The Morgan fingerprint density at radius 2 is 1.40 bits per heavy atom. The summed E-state index contributed by atoms with van der Waals surface area (Å²) >= 11 is 0. The van der Waals surface area contributed by atoms with E-state index in [-0.39, 0.29) is 45.6 Å². The summed E-state index contributed by atoms with van der Waals surface area (Å²) in [5.74, 6) is 0. The van der Waals surface area contributed by atoms with Crippen LogP contribution in [0.1, 0.15) is 41.0 Å². The molecule has 0 unspecified atom stereocenters. The molecule has 0 aliphatic heterocycles. The van der Waals surface area contributed by atoms with Gasteiger partial charge in [0.25, 0.3) is 0 Å². The van der Waals surface area contributed by atoms with Gasteiger partial charge in [-0.15, -0.1) is 0 Å². The zero-order valence-corrected chi connectivity index (χ0v) is 15.0. The minimum absolute atomic E-state index is 0. The van der Waals surface area contributed by atoms with E-state index in [1.807, 2.05) is 0 Å². The van der Waals surface area contributed by atoms with Crippen LogP contribution in [0.25, 0.3) is 0 Å². The Bertz CT molecular complexity index is 141. The van der Waals surface area contributed by atoms with Gasteiger partial charge in [-0.25, -0.2) is 0 Å². The fraction of sp³-hybridized carbons (Fsp3) is 0.909. The van der Waals surface area contributed by atoms with Gasteiger partial charge in [-0.1, -0.05) is 20.8 Å². The van der Waals surface area contributed by atoms with Crippen molar-refractivity contribution < 1.29 is 21.4 Å². The molecule has 0 aromatic heterocycles. The standard InChI is InChI=1S/C11H25OSi.BrH.Mg/c1-7-11(5,6)12-13(8-2,9-3)10-4;;/h1,7-10H2,2-6H3;1H;/q-1;;+2/p-1. The van der Waals surface area contributed by atoms with E-state index in [0.717, 1.165) is 6.42 Å². The molecule has 0 radical (unpaired) electrons. The number of hydrogen-bond acceptors (Lipinski definition) is 1. The van der Waals surface area contributed by atoms with Gasteiger partial charge in [0.15, 0.2) is 8.32 Å². The molecule has 0 aromatic rings. The largest absolute Gasteiger partial charge is 2.00 e. The van der Waals surface area contributed by atoms with Crippen molar-refractivity contribution in [1.82, 2.24) is 0 Å². The Labute approximate surface area is 124 Å². The van der Waals surface area contributed by atoms with E-state index in [4.69, 9.17) is 4.43 Å². The van der Waals surface area contributed by atoms with Gasteiger partial charge in [0.2, 0.25) is 0 Å². The summed E-state index contributed by atoms with van der Waals surface area (Å²) in [4.78, 5) is 0. The maximum atomic E-state index is 6.30. The average Bonchev–Trinajstić information content (AvgIpc) is 2.14. The number of rotatable bonds is 6. The van der Waals surface area contributed by atoms with Crippen molar-refractivity contribution in [1.29, 1.82) is 0 Å². The van der Waals surface area contributed by atoms with Crippen molar-refractivity contribution in [3.05, 3.63) is 6.92 Å². The van der Waals surface area contributed by atoms with Crippen molar-refractivity contribution in [2.45, 2.75) is 64.8 Å². The normalized spacial score (nSPS) is 11.6. The first-order chi connectivity index (χ1) is 5.95. The second-order valence-corrected chi connectivity index (χ2v) is 9.05. The van der Waals surface area contributed by atoms with Crippen LogP contribution in [0.2, 0.25) is 18.1 Å². The monoisotopic (exact) mass is 304 g/mol. The maximum absolute atomic E-state index is 6.30. The molecule has 88 valence electrons. The zero-order chi connectivity index (χ0) is 10.5. The first-order valence-electron chi connectivity index (χ1n) is 5.44. The van der Waals surface area contributed by atoms with Crippen molar-refractivity contribution in [3.63, 3.8) is 0 Å². The second-order valence-electron chi connectivity index (χ2n) is 4.36. The Morgan fingerprint density at radius 1 is 1.07 bits per heavy atom. The second kappa shape index (κ2) is 9.45. The summed E-state index contributed by atoms with van der Waals surface area (Å²) in [7, 11) is -1.41. The smallest absolute Gasteiger partial charge is 1.00 e. The molecule has 0 aliphatic carbocycles. The molecule has 0 atom stereocenters. The summed E-state index contributed by atoms with van der Waals surface area (Å²) in [5, 5.41) is 0. The van der Waals surface area contributed by atoms with E-state index >= 15 is 0 Å². The van der Waals surface area contributed by atoms with Gasteiger partial charge in [-0.2, -0.15) is 6.42 Å². The molecule has 0 N–H and O–H groups in total. The molecule has 0 amide bonds. The minimum Gasteiger partial charge on any atom is -1.00 e. The van der Waals surface area contributed by atoms with Crippen LogP contribution in [0.15, 0.2) is 0 Å². The third-order valence-electron chi connectivity index (χ3n) is 3.03. The summed E-state index contributed by atoms with van der Waals surface area (Å²) in [5.41, 5.74) is -0.0196. The zero-order valence-electron chi connectivity index (χ0n) is 11.0. The molecule has 1 nitrogen and oxygen atoms in total. The third-order valence-corrected chi connectivity index (χ3v) is 7.88. The fourth-order valence-corrected chi connectivity index (χ4v) is 4.81. The molecule has 0 rings (SSSR count). The molecule has 15 heavy (non-hydrogen) atoms. The van der Waals surface area contributed by atoms with E-state index in [0.29, 0.717) is 0 Å². The third kappa shape index (κ3) is 7.37. The summed E-state index contributed by atoms with van der Waals surface area (Å²) < 4.78 is 6.30. The van der Waals surface area contributed by atoms with Crippen LogP contribution in [0.4, 0.5) is 0 Å². The molecule has 0 aliphatic rings. The molecule has 0 saturated heterocycles. The first-order valence-corrected chi connectivity index (χ1v) is 7.97. The molecular formula is C11H25BrMgOSi. The molecule has 0 bridgehead atoms. The minimum atomic E-state index is -1.41. The maximum Gasteiger partial charge on any atom is 2.00 e. The first kappa shape index (κ1) is 21.7. The van der Waals surface area contributed by atoms with Crippen LogP contribution in [0.3, 0.4) is 0 Å². The van der Waals surface area contributed by atoms with Gasteiger partial charge in [-0.05, 0) is 32.0 Å². The topological polar surface area (TPSA) is 9.23 Å². The molecule has 0 heterocycles. The Hall–Kier alpha value is 1.42. The van der Waals surface area contributed by atoms with Gasteiger partial charge in [0.05, 0.1) is 0 Å². The number of halogens is 1. The van der Waals surface area contributed by atoms with Gasteiger partial charge < -0.3 is 28.3 Å². The van der Waals surface area contributed by atoms with Crippen LogP contribution in [-0.2, 0) is 4.43 Å². The van der Waals surface area contributed by atoms with Crippen LogP contribution in [0.5, 0.6) is 0 Å². The summed E-state index contributed by atoms with van der Waals surface area (Å²) in [6, 6.07) is 3.68. The molecule has 4 heteroatoms. The predicted molar refractivity (Wildman–Crippen MR) is 68.1 cm³/mol. The quantitative estimate of drug-likeness (QED) is 0.517. The van der Waals surface area contributed by atoms with E-state index in [1.54, 1.807) is 0 Å². The van der Waals surface area contributed by atoms with Crippen molar-refractivity contribution in [3.8, 4) is 0 Å². The van der Waals surface area contributed by atoms with E-state index in [1.165, 1.54) is 18.1 Å². The summed E-state index contributed by atoms with van der Waals surface area (Å²) in [6.45, 7) is 15.0. The molecule has 0 aromatic carbocycles. The fourth-order valence-electron chi connectivity index (χ4n) is 1.60. The predicted octanol–water partition coefficient (Wildman–Crippen LogP) is 0.634. The number of hydrogen-bond donors (Lipinski definition) is 0. The van der Waals surface area contributed by atoms with Crippen LogP contribution in [0, 0.1) is 6.92 Å². The van der Waals surface area contributed by atoms with Crippen LogP contribution in [-0.4, -0.2) is 37.0 Å². The summed E-state index contributed by atoms with van der Waals surface area (Å²) in [6.07, 6.45) is 0.863. The van der Waals surface area contributed by atoms with Crippen LogP contribution < -0.4 is 17.0 Å². The average molecular weight is 306 g/mol. The Kier molecular flexibility index (Phi) is 13.7.